The van der Waals surface area contributed by atoms with Gasteiger partial charge in [0.05, 0.1) is 12.9 Å². The molecule has 15 nitrogen and oxygen atoms in total. The van der Waals surface area contributed by atoms with Crippen LogP contribution in [-0.2, 0) is 23.2 Å². The molecule has 0 bridgehead atoms. The highest BCUT2D eigenvalue weighted by molar-refractivity contribution is 7.70. The zero-order chi connectivity index (χ0) is 34.5. The van der Waals surface area contributed by atoms with Crippen LogP contribution in [0.15, 0.2) is 30.6 Å². The average Bonchev–Trinajstić information content (AvgIpc) is 3.52. The number of amides is 1. The fourth-order valence-corrected chi connectivity index (χ4v) is 7.75. The highest BCUT2D eigenvalue weighted by atomic mass is 35.5. The number of halogens is 1. The summed E-state index contributed by atoms with van der Waals surface area (Å²) < 4.78 is 34.7. The van der Waals surface area contributed by atoms with Gasteiger partial charge in [-0.25, -0.2) is 4.98 Å². The fraction of sp³-hybridized carbons (Fsp3) is 0.655. The molecule has 2 aromatic heterocycles. The smallest absolute Gasteiger partial charge is 0.340 e. The fourth-order valence-electron chi connectivity index (χ4n) is 5.02. The summed E-state index contributed by atoms with van der Waals surface area (Å²) in [6, 6.07) is 0. The van der Waals surface area contributed by atoms with Crippen molar-refractivity contribution in [3.63, 3.8) is 0 Å². The minimum Gasteiger partial charge on any atom is -0.387 e. The predicted octanol–water partition coefficient (Wildman–Crippen LogP) is 5.19. The van der Waals surface area contributed by atoms with Crippen molar-refractivity contribution in [2.45, 2.75) is 109 Å². The number of aliphatic hydroxyl groups excluding tert-OH is 2. The lowest BCUT2D eigenvalue weighted by Gasteiger charge is -2.18. The van der Waals surface area contributed by atoms with Crippen LogP contribution in [0.2, 0.25) is 5.28 Å². The molecule has 5 atom stereocenters. The largest absolute Gasteiger partial charge is 0.387 e. The molecule has 3 heterocycles. The van der Waals surface area contributed by atoms with Crippen molar-refractivity contribution in [2.24, 2.45) is 0 Å². The summed E-state index contributed by atoms with van der Waals surface area (Å²) in [6.07, 6.45) is 16.3. The van der Waals surface area contributed by atoms with Crippen LogP contribution in [0.3, 0.4) is 0 Å². The van der Waals surface area contributed by atoms with Gasteiger partial charge in [-0.05, 0) is 50.1 Å². The molecule has 1 aliphatic heterocycles. The molecule has 0 saturated carbocycles. The molecule has 18 heteroatoms. The van der Waals surface area contributed by atoms with Crippen LogP contribution in [0, 0.1) is 0 Å². The summed E-state index contributed by atoms with van der Waals surface area (Å²) in [4.78, 5) is 52.7. The van der Waals surface area contributed by atoms with E-state index in [-0.39, 0.29) is 34.6 Å². The number of rotatable bonds is 21. The molecule has 47 heavy (non-hydrogen) atoms. The van der Waals surface area contributed by atoms with Crippen molar-refractivity contribution in [1.29, 1.82) is 0 Å². The number of unbranched alkanes of at least 4 members (excludes halogenated alkanes) is 8. The number of aliphatic hydroxyl groups is 2. The molecule has 3 rings (SSSR count). The number of ether oxygens (including phenoxy) is 1. The maximum absolute atomic E-state index is 12.7. The Morgan fingerprint density at radius 3 is 2.34 bits per heavy atom. The predicted molar refractivity (Wildman–Crippen MR) is 177 cm³/mol. The number of hydrogen-bond donors (Lipinski definition) is 6. The first-order chi connectivity index (χ1) is 22.3. The molecular weight excluding hydrogens is 676 g/mol. The van der Waals surface area contributed by atoms with Crippen LogP contribution < -0.4 is 5.32 Å². The Kier molecular flexibility index (Phi) is 16.1. The first-order valence-electron chi connectivity index (χ1n) is 15.8. The molecule has 0 spiro atoms. The third-order valence-electron chi connectivity index (χ3n) is 7.42. The summed E-state index contributed by atoms with van der Waals surface area (Å²) in [7, 11) is -9.58. The van der Waals surface area contributed by atoms with Gasteiger partial charge in [-0.2, -0.15) is 9.97 Å². The quantitative estimate of drug-likeness (QED) is 0.0423. The number of allylic oxidation sites excluding steroid dienone is 4. The van der Waals surface area contributed by atoms with Crippen LogP contribution in [0.1, 0.15) is 90.2 Å². The summed E-state index contributed by atoms with van der Waals surface area (Å²) in [5, 5.41) is 23.6. The van der Waals surface area contributed by atoms with Crippen molar-refractivity contribution in [2.75, 3.05) is 17.8 Å². The average molecular weight is 722 g/mol. The number of nitrogens with one attached hydrogen (secondary N) is 1. The molecular formula is C29H46ClN5O10P2. The van der Waals surface area contributed by atoms with Gasteiger partial charge in [0.1, 0.15) is 18.3 Å². The first kappa shape index (κ1) is 39.4. The van der Waals surface area contributed by atoms with E-state index in [2.05, 4.69) is 51.5 Å². The second-order valence-corrected chi connectivity index (χ2v) is 15.8. The minimum absolute atomic E-state index is 0.0536. The maximum atomic E-state index is 12.7. The summed E-state index contributed by atoms with van der Waals surface area (Å²) in [5.41, 5.74) is 0.221. The molecule has 1 fully saturated rings. The maximum Gasteiger partial charge on any atom is 0.340 e. The van der Waals surface area contributed by atoms with Gasteiger partial charge in [0.2, 0.25) is 11.2 Å². The van der Waals surface area contributed by atoms with Gasteiger partial charge in [-0.15, -0.1) is 0 Å². The number of carbonyl (C=O) groups is 1. The Bertz CT molecular complexity index is 1450. The van der Waals surface area contributed by atoms with Crippen LogP contribution in [0.4, 0.5) is 5.82 Å². The third-order valence-corrected chi connectivity index (χ3v) is 11.0. The lowest BCUT2D eigenvalue weighted by atomic mass is 10.1. The Morgan fingerprint density at radius 2 is 1.66 bits per heavy atom. The topological polar surface area (TPSA) is 226 Å². The number of anilines is 1. The first-order valence-corrected chi connectivity index (χ1v) is 19.8. The standard InChI is InChI=1S/C29H46ClN5O10P2/c1-2-3-4-5-6-7-8-9-10-11-12-13-14-15-16-17-22(36)32-26-23-27(34-29(30)33-26)35(19-31-23)28-25(38)24(37)21(45-28)18-44-47(42,43)20-46(39,40)41/h6-7,9-10,19,21,24-25,28,37-38H,2-5,8,11-18,20H2,1H3,(H,42,43)(H2,39,40,41)(H,32,33,34,36)/b7-6-,10-9-/t21-,24?,25+,28-/m1/s1. The lowest BCUT2D eigenvalue weighted by molar-refractivity contribution is -0.116. The van der Waals surface area contributed by atoms with Gasteiger partial charge in [0.25, 0.3) is 0 Å². The van der Waals surface area contributed by atoms with E-state index < -0.39 is 52.2 Å². The van der Waals surface area contributed by atoms with E-state index in [0.29, 0.717) is 6.42 Å². The Hall–Kier alpha value is -2.03. The summed E-state index contributed by atoms with van der Waals surface area (Å²) in [6.45, 7) is 1.46. The molecule has 2 unspecified atom stereocenters. The molecule has 1 amide bonds. The van der Waals surface area contributed by atoms with E-state index in [1.807, 2.05) is 0 Å². The van der Waals surface area contributed by atoms with Crippen LogP contribution in [0.25, 0.3) is 11.2 Å². The minimum atomic E-state index is -4.86. The van der Waals surface area contributed by atoms with Crippen LogP contribution >= 0.6 is 26.8 Å². The highest BCUT2D eigenvalue weighted by Gasteiger charge is 2.45. The van der Waals surface area contributed by atoms with E-state index in [0.717, 1.165) is 44.9 Å². The summed E-state index contributed by atoms with van der Waals surface area (Å²) in [5.74, 6) is -1.65. The summed E-state index contributed by atoms with van der Waals surface area (Å²) >= 11 is 6.12. The van der Waals surface area contributed by atoms with Crippen LogP contribution in [-0.4, -0.2) is 81.1 Å². The number of hydrogen-bond acceptors (Lipinski definition) is 10. The SMILES string of the molecule is CCCCC/C=C\C/C=C\CCCCCCCC(=O)Nc1nc(Cl)nc2c1ncn2[C@@H]1O[C@H](COP(=O)(O)CP(=O)(O)O)C(O)[C@@H]1O. The molecule has 0 aromatic carbocycles. The second kappa shape index (κ2) is 19.2. The van der Waals surface area contributed by atoms with E-state index in [9.17, 15) is 29.0 Å². The van der Waals surface area contributed by atoms with Crippen molar-refractivity contribution >= 4 is 49.7 Å². The van der Waals surface area contributed by atoms with E-state index in [1.165, 1.54) is 30.2 Å². The zero-order valence-electron chi connectivity index (χ0n) is 26.4. The number of aromatic nitrogens is 4. The zero-order valence-corrected chi connectivity index (χ0v) is 29.0. The lowest BCUT2D eigenvalue weighted by Crippen LogP contribution is -2.33. The highest BCUT2D eigenvalue weighted by Crippen LogP contribution is 2.55. The van der Waals surface area contributed by atoms with Crippen molar-refractivity contribution < 1.29 is 48.1 Å². The molecule has 264 valence electrons. The normalized spacial score (nSPS) is 21.7. The third kappa shape index (κ3) is 13.4. The van der Waals surface area contributed by atoms with Gasteiger partial charge in [0, 0.05) is 6.42 Å². The molecule has 6 N–H and O–H groups in total. The molecule has 0 radical (unpaired) electrons. The van der Waals surface area contributed by atoms with E-state index in [1.54, 1.807) is 0 Å². The molecule has 0 aliphatic carbocycles. The van der Waals surface area contributed by atoms with Gasteiger partial charge >= 0.3 is 15.2 Å². The van der Waals surface area contributed by atoms with Gasteiger partial charge < -0.3 is 39.5 Å². The van der Waals surface area contributed by atoms with Gasteiger partial charge in [-0.1, -0.05) is 63.3 Å². The number of imidazole rings is 1. The molecule has 2 aromatic rings. The molecule has 1 aliphatic rings. The van der Waals surface area contributed by atoms with E-state index in [4.69, 9.17) is 30.6 Å². The Morgan fingerprint density at radius 1 is 1.00 bits per heavy atom. The second-order valence-electron chi connectivity index (χ2n) is 11.5. The Labute approximate surface area is 279 Å². The molecule has 1 saturated heterocycles. The number of carbonyl (C=O) groups excluding carboxylic acids is 1. The monoisotopic (exact) mass is 721 g/mol. The Balaban J connectivity index is 1.45. The van der Waals surface area contributed by atoms with Crippen molar-refractivity contribution in [1.82, 2.24) is 19.5 Å². The van der Waals surface area contributed by atoms with Gasteiger partial charge in [-0.3, -0.25) is 18.5 Å². The van der Waals surface area contributed by atoms with E-state index >= 15 is 0 Å². The van der Waals surface area contributed by atoms with Crippen LogP contribution in [0.5, 0.6) is 0 Å². The number of nitrogens with zero attached hydrogens (tertiary/aromatic N) is 4. The van der Waals surface area contributed by atoms with Gasteiger partial charge in [0.15, 0.2) is 29.1 Å². The van der Waals surface area contributed by atoms with Crippen molar-refractivity contribution in [3.05, 3.63) is 35.9 Å². The van der Waals surface area contributed by atoms with Crippen molar-refractivity contribution in [3.8, 4) is 0 Å². The number of fused-ring (bicyclic) bond motifs is 1.